The van der Waals surface area contributed by atoms with E-state index in [9.17, 15) is 0 Å². The van der Waals surface area contributed by atoms with E-state index in [2.05, 4.69) is 181 Å². The monoisotopic (exact) mass is 659 g/mol. The molecule has 8 aromatic carbocycles. The second kappa shape index (κ2) is 11.5. The Morgan fingerprint density at radius 3 is 1.86 bits per heavy atom. The normalized spacial score (nSPS) is 11.7. The van der Waals surface area contributed by atoms with E-state index in [1.54, 1.807) is 0 Å². The van der Waals surface area contributed by atoms with E-state index >= 15 is 0 Å². The molecule has 1 nitrogen and oxygen atoms in total. The van der Waals surface area contributed by atoms with Crippen LogP contribution in [0.3, 0.4) is 0 Å². The number of hydrogen-bond acceptors (Lipinski definition) is 3. The molecule has 3 heteroatoms. The Hall–Kier alpha value is -5.74. The van der Waals surface area contributed by atoms with Crippen LogP contribution >= 0.6 is 22.7 Å². The quantitative estimate of drug-likeness (QED) is 0.178. The van der Waals surface area contributed by atoms with E-state index in [4.69, 9.17) is 0 Å². The fourth-order valence-electron chi connectivity index (χ4n) is 7.43. The maximum Gasteiger partial charge on any atom is 0.0640 e. The first-order valence-corrected chi connectivity index (χ1v) is 18.2. The van der Waals surface area contributed by atoms with Crippen LogP contribution in [0, 0.1) is 0 Å². The van der Waals surface area contributed by atoms with Gasteiger partial charge >= 0.3 is 0 Å². The summed E-state index contributed by atoms with van der Waals surface area (Å²) >= 11 is 3.75. The molecular formula is C46H29NS2. The predicted octanol–water partition coefficient (Wildman–Crippen LogP) is 14.4. The van der Waals surface area contributed by atoms with Gasteiger partial charge in [0.25, 0.3) is 0 Å². The van der Waals surface area contributed by atoms with Crippen molar-refractivity contribution in [1.29, 1.82) is 0 Å². The molecule has 0 atom stereocenters. The third-order valence-electron chi connectivity index (χ3n) is 9.65. The van der Waals surface area contributed by atoms with Crippen molar-refractivity contribution in [3.63, 3.8) is 0 Å². The molecule has 10 aromatic rings. The molecular weight excluding hydrogens is 631 g/mol. The summed E-state index contributed by atoms with van der Waals surface area (Å²) in [5, 5.41) is 7.73. The second-order valence-electron chi connectivity index (χ2n) is 12.5. The van der Waals surface area contributed by atoms with Crippen LogP contribution in [0.25, 0.3) is 73.4 Å². The van der Waals surface area contributed by atoms with Gasteiger partial charge in [-0.1, -0.05) is 127 Å². The van der Waals surface area contributed by atoms with E-state index in [1.165, 1.54) is 84.7 Å². The van der Waals surface area contributed by atoms with Gasteiger partial charge in [0.1, 0.15) is 0 Å². The minimum Gasteiger partial charge on any atom is -0.308 e. The number of hydrogen-bond donors (Lipinski definition) is 0. The first-order chi connectivity index (χ1) is 24.3. The zero-order valence-corrected chi connectivity index (χ0v) is 28.1. The molecule has 2 heterocycles. The van der Waals surface area contributed by atoms with Crippen molar-refractivity contribution >= 4 is 90.9 Å². The van der Waals surface area contributed by atoms with Crippen molar-refractivity contribution < 1.29 is 0 Å². The third kappa shape index (κ3) is 4.66. The van der Waals surface area contributed by atoms with E-state index in [-0.39, 0.29) is 0 Å². The molecule has 10 rings (SSSR count). The predicted molar refractivity (Wildman–Crippen MR) is 215 cm³/mol. The van der Waals surface area contributed by atoms with Gasteiger partial charge in [-0.25, -0.2) is 0 Å². The van der Waals surface area contributed by atoms with Gasteiger partial charge in [-0.3, -0.25) is 0 Å². The minimum absolute atomic E-state index is 1.14. The highest BCUT2D eigenvalue weighted by Crippen LogP contribution is 2.49. The molecule has 0 spiro atoms. The first kappa shape index (κ1) is 28.3. The average molecular weight is 660 g/mol. The smallest absolute Gasteiger partial charge is 0.0640 e. The Bertz CT molecular complexity index is 2850. The van der Waals surface area contributed by atoms with E-state index in [0.717, 1.165) is 5.69 Å². The van der Waals surface area contributed by atoms with Crippen LogP contribution in [0.15, 0.2) is 176 Å². The number of benzene rings is 8. The Morgan fingerprint density at radius 1 is 0.367 bits per heavy atom. The fraction of sp³-hybridized carbons (Fsp3) is 0. The summed E-state index contributed by atoms with van der Waals surface area (Å²) in [5.74, 6) is 0. The molecule has 0 unspecified atom stereocenters. The fourth-order valence-corrected chi connectivity index (χ4v) is 9.76. The van der Waals surface area contributed by atoms with Gasteiger partial charge in [0.15, 0.2) is 0 Å². The molecule has 0 N–H and O–H groups in total. The number of fused-ring (bicyclic) bond motifs is 7. The number of anilines is 3. The van der Waals surface area contributed by atoms with E-state index in [0.29, 0.717) is 0 Å². The largest absolute Gasteiger partial charge is 0.308 e. The van der Waals surface area contributed by atoms with Crippen molar-refractivity contribution in [2.45, 2.75) is 0 Å². The lowest BCUT2D eigenvalue weighted by Crippen LogP contribution is -2.10. The van der Waals surface area contributed by atoms with Crippen LogP contribution in [0.4, 0.5) is 17.1 Å². The van der Waals surface area contributed by atoms with E-state index in [1.807, 2.05) is 22.7 Å². The lowest BCUT2D eigenvalue weighted by Gasteiger charge is -2.27. The Morgan fingerprint density at radius 2 is 0.959 bits per heavy atom. The van der Waals surface area contributed by atoms with Gasteiger partial charge in [-0.15, -0.1) is 22.7 Å². The van der Waals surface area contributed by atoms with Gasteiger partial charge in [0, 0.05) is 41.3 Å². The Kier molecular flexibility index (Phi) is 6.61. The molecule has 2 aromatic heterocycles. The third-order valence-corrected chi connectivity index (χ3v) is 12.0. The molecule has 230 valence electrons. The first-order valence-electron chi connectivity index (χ1n) is 16.6. The summed E-state index contributed by atoms with van der Waals surface area (Å²) in [6.07, 6.45) is 0. The topological polar surface area (TPSA) is 3.24 Å². The summed E-state index contributed by atoms with van der Waals surface area (Å²) in [7, 11) is 0. The minimum atomic E-state index is 1.14. The SMILES string of the molecule is c1cc(-c2cccc(N(c3cccc4c3sc3ccccc34)c3cccc4sc5ccccc5c34)c2)cc(-c2cccc3ccccc23)c1. The molecule has 0 bridgehead atoms. The molecule has 0 aliphatic carbocycles. The van der Waals surface area contributed by atoms with Gasteiger partial charge < -0.3 is 4.90 Å². The maximum absolute atomic E-state index is 2.50. The lowest BCUT2D eigenvalue weighted by atomic mass is 9.95. The highest BCUT2D eigenvalue weighted by molar-refractivity contribution is 7.26. The molecule has 49 heavy (non-hydrogen) atoms. The molecule has 0 aliphatic heterocycles. The molecule has 0 radical (unpaired) electrons. The second-order valence-corrected chi connectivity index (χ2v) is 14.6. The summed E-state index contributed by atoms with van der Waals surface area (Å²) in [6.45, 7) is 0. The number of thiophene rings is 2. The van der Waals surface area contributed by atoms with Crippen molar-refractivity contribution in [2.24, 2.45) is 0 Å². The molecule has 0 aliphatic rings. The van der Waals surface area contributed by atoms with Gasteiger partial charge in [0.05, 0.1) is 16.1 Å². The number of rotatable bonds is 5. The van der Waals surface area contributed by atoms with Gasteiger partial charge in [-0.2, -0.15) is 0 Å². The zero-order valence-electron chi connectivity index (χ0n) is 26.5. The van der Waals surface area contributed by atoms with Crippen LogP contribution in [0.2, 0.25) is 0 Å². The zero-order chi connectivity index (χ0) is 32.3. The van der Waals surface area contributed by atoms with Crippen molar-refractivity contribution in [2.75, 3.05) is 4.90 Å². The lowest BCUT2D eigenvalue weighted by molar-refractivity contribution is 1.32. The summed E-state index contributed by atoms with van der Waals surface area (Å²) in [5.41, 5.74) is 8.40. The van der Waals surface area contributed by atoms with E-state index < -0.39 is 0 Å². The Balaban J connectivity index is 1.20. The summed E-state index contributed by atoms with van der Waals surface area (Å²) in [6, 6.07) is 64.4. The van der Waals surface area contributed by atoms with Crippen molar-refractivity contribution in [1.82, 2.24) is 0 Å². The number of nitrogens with zero attached hydrogens (tertiary/aromatic N) is 1. The maximum atomic E-state index is 2.50. The van der Waals surface area contributed by atoms with Crippen LogP contribution < -0.4 is 4.90 Å². The highest BCUT2D eigenvalue weighted by atomic mass is 32.1. The summed E-state index contributed by atoms with van der Waals surface area (Å²) < 4.78 is 5.21. The van der Waals surface area contributed by atoms with Crippen LogP contribution in [0.1, 0.15) is 0 Å². The highest BCUT2D eigenvalue weighted by Gasteiger charge is 2.22. The van der Waals surface area contributed by atoms with Crippen LogP contribution in [-0.4, -0.2) is 0 Å². The molecule has 0 amide bonds. The van der Waals surface area contributed by atoms with Crippen molar-refractivity contribution in [3.8, 4) is 22.3 Å². The Labute approximate surface area is 292 Å². The molecule has 0 saturated carbocycles. The van der Waals surface area contributed by atoms with Crippen molar-refractivity contribution in [3.05, 3.63) is 176 Å². The molecule has 0 saturated heterocycles. The van der Waals surface area contributed by atoms with Crippen LogP contribution in [0.5, 0.6) is 0 Å². The average Bonchev–Trinajstić information content (AvgIpc) is 3.74. The molecule has 0 fully saturated rings. The summed E-state index contributed by atoms with van der Waals surface area (Å²) in [4.78, 5) is 2.50. The van der Waals surface area contributed by atoms with Crippen LogP contribution in [-0.2, 0) is 0 Å². The standard InChI is InChI=1S/C46H29NS2/c1-2-18-35-30(12-1)13-9-21-36(35)33-16-7-14-31(28-33)32-15-8-17-34(29-32)47(40-23-11-27-44-45(40)39-20-4-6-26-43(39)48-44)41-24-10-22-38-37-19-3-5-25-42(37)49-46(38)41/h1-29H. The van der Waals surface area contributed by atoms with Gasteiger partial charge in [0.2, 0.25) is 0 Å². The van der Waals surface area contributed by atoms with Gasteiger partial charge in [-0.05, 0) is 81.6 Å².